The van der Waals surface area contributed by atoms with E-state index in [-0.39, 0.29) is 0 Å². The third-order valence-electron chi connectivity index (χ3n) is 3.46. The summed E-state index contributed by atoms with van der Waals surface area (Å²) < 4.78 is 6.05. The minimum Gasteiger partial charge on any atom is -0.486 e. The summed E-state index contributed by atoms with van der Waals surface area (Å²) in [5.41, 5.74) is 1.17. The highest BCUT2D eigenvalue weighted by molar-refractivity contribution is 5.58. The molecule has 2 aliphatic rings. The number of anilines is 1. The van der Waals surface area contributed by atoms with Crippen LogP contribution in [0.25, 0.3) is 0 Å². The molecule has 0 spiro atoms. The Morgan fingerprint density at radius 1 is 1.07 bits per heavy atom. The first-order valence-corrected chi connectivity index (χ1v) is 5.96. The maximum Gasteiger partial charge on any atom is 0.142 e. The van der Waals surface area contributed by atoms with Gasteiger partial charge < -0.3 is 10.1 Å². The number of benzene rings is 1. The molecule has 1 aromatic carbocycles. The summed E-state index contributed by atoms with van der Waals surface area (Å²) >= 11 is 0. The molecule has 1 heterocycles. The largest absolute Gasteiger partial charge is 0.486 e. The zero-order valence-corrected chi connectivity index (χ0v) is 8.91. The Kier molecular flexibility index (Phi) is 2.28. The van der Waals surface area contributed by atoms with Gasteiger partial charge in [0.05, 0.1) is 11.7 Å². The van der Waals surface area contributed by atoms with Gasteiger partial charge in [-0.1, -0.05) is 25.0 Å². The van der Waals surface area contributed by atoms with Crippen LogP contribution in [0.5, 0.6) is 5.75 Å². The van der Waals surface area contributed by atoms with Gasteiger partial charge in [0.15, 0.2) is 0 Å². The van der Waals surface area contributed by atoms with Crippen molar-refractivity contribution < 1.29 is 4.74 Å². The minimum absolute atomic E-state index is 0.391. The van der Waals surface area contributed by atoms with Crippen molar-refractivity contribution in [3.05, 3.63) is 24.3 Å². The van der Waals surface area contributed by atoms with Gasteiger partial charge in [-0.25, -0.2) is 0 Å². The molecular formula is C13H17NO. The summed E-state index contributed by atoms with van der Waals surface area (Å²) in [5.74, 6) is 1.03. The lowest BCUT2D eigenvalue weighted by Gasteiger charge is -2.34. The van der Waals surface area contributed by atoms with Crippen molar-refractivity contribution in [3.8, 4) is 5.75 Å². The molecule has 1 fully saturated rings. The van der Waals surface area contributed by atoms with E-state index in [1.807, 2.05) is 6.07 Å². The van der Waals surface area contributed by atoms with Crippen LogP contribution in [-0.4, -0.2) is 12.1 Å². The minimum atomic E-state index is 0.391. The highest BCUT2D eigenvalue weighted by Crippen LogP contribution is 2.35. The molecule has 0 amide bonds. The summed E-state index contributed by atoms with van der Waals surface area (Å²) in [7, 11) is 0. The third kappa shape index (κ3) is 1.69. The maximum absolute atomic E-state index is 6.05. The molecule has 3 rings (SSSR count). The van der Waals surface area contributed by atoms with Crippen molar-refractivity contribution in [1.82, 2.24) is 0 Å². The molecule has 0 saturated heterocycles. The summed E-state index contributed by atoms with van der Waals surface area (Å²) in [6, 6.07) is 8.80. The fourth-order valence-electron chi connectivity index (χ4n) is 2.63. The zero-order chi connectivity index (χ0) is 10.1. The molecule has 0 aromatic heterocycles. The highest BCUT2D eigenvalue weighted by atomic mass is 16.5. The molecule has 2 heteroatoms. The quantitative estimate of drug-likeness (QED) is 0.699. The molecule has 0 unspecified atom stereocenters. The van der Waals surface area contributed by atoms with Crippen LogP contribution in [0.1, 0.15) is 32.1 Å². The van der Waals surface area contributed by atoms with Gasteiger partial charge in [0.25, 0.3) is 0 Å². The molecular weight excluding hydrogens is 186 g/mol. The lowest BCUT2D eigenvalue weighted by Crippen LogP contribution is -2.40. The summed E-state index contributed by atoms with van der Waals surface area (Å²) in [5, 5.41) is 3.61. The number of para-hydroxylation sites is 2. The first-order chi connectivity index (χ1) is 7.43. The molecule has 1 saturated carbocycles. The van der Waals surface area contributed by atoms with Crippen LogP contribution in [0, 0.1) is 0 Å². The standard InChI is InChI=1S/C13H17NO/c1-2-6-10-12(8-3-1)15-13-9-5-4-7-11(13)14-10/h4-5,7,9-10,12,14H,1-3,6,8H2/t10-,12+/m1/s1. The molecule has 15 heavy (non-hydrogen) atoms. The van der Waals surface area contributed by atoms with Crippen LogP contribution in [-0.2, 0) is 0 Å². The second kappa shape index (κ2) is 3.76. The molecule has 0 radical (unpaired) electrons. The topological polar surface area (TPSA) is 21.3 Å². The summed E-state index contributed by atoms with van der Waals surface area (Å²) in [6.45, 7) is 0. The van der Waals surface area contributed by atoms with Crippen LogP contribution < -0.4 is 10.1 Å². The van der Waals surface area contributed by atoms with Crippen molar-refractivity contribution in [2.45, 2.75) is 44.2 Å². The molecule has 80 valence electrons. The van der Waals surface area contributed by atoms with E-state index in [0.29, 0.717) is 12.1 Å². The van der Waals surface area contributed by atoms with E-state index < -0.39 is 0 Å². The number of ether oxygens (including phenoxy) is 1. The molecule has 1 N–H and O–H groups in total. The van der Waals surface area contributed by atoms with E-state index in [9.17, 15) is 0 Å². The van der Waals surface area contributed by atoms with Crippen molar-refractivity contribution >= 4 is 5.69 Å². The number of rotatable bonds is 0. The number of hydrogen-bond donors (Lipinski definition) is 1. The fourth-order valence-corrected chi connectivity index (χ4v) is 2.63. The van der Waals surface area contributed by atoms with Crippen molar-refractivity contribution in [1.29, 1.82) is 0 Å². The van der Waals surface area contributed by atoms with Crippen LogP contribution in [0.3, 0.4) is 0 Å². The highest BCUT2D eigenvalue weighted by Gasteiger charge is 2.29. The van der Waals surface area contributed by atoms with Crippen LogP contribution in [0.2, 0.25) is 0 Å². The lowest BCUT2D eigenvalue weighted by atomic mass is 10.0. The molecule has 2 nitrogen and oxygen atoms in total. The van der Waals surface area contributed by atoms with E-state index >= 15 is 0 Å². The lowest BCUT2D eigenvalue weighted by molar-refractivity contribution is 0.160. The maximum atomic E-state index is 6.05. The van der Waals surface area contributed by atoms with Gasteiger partial charge in [-0.05, 0) is 31.4 Å². The normalized spacial score (nSPS) is 29.1. The van der Waals surface area contributed by atoms with Gasteiger partial charge in [0.2, 0.25) is 0 Å². The average molecular weight is 203 g/mol. The Balaban J connectivity index is 1.87. The van der Waals surface area contributed by atoms with Crippen molar-refractivity contribution in [2.24, 2.45) is 0 Å². The first kappa shape index (κ1) is 9.08. The van der Waals surface area contributed by atoms with Gasteiger partial charge >= 0.3 is 0 Å². The average Bonchev–Trinajstić information content (AvgIpc) is 2.50. The number of nitrogens with one attached hydrogen (secondary N) is 1. The van der Waals surface area contributed by atoms with E-state index in [0.717, 1.165) is 5.75 Å². The predicted octanol–water partition coefficient (Wildman–Crippen LogP) is 3.19. The zero-order valence-electron chi connectivity index (χ0n) is 8.91. The second-order valence-corrected chi connectivity index (χ2v) is 4.54. The van der Waals surface area contributed by atoms with Crippen molar-refractivity contribution in [3.63, 3.8) is 0 Å². The Morgan fingerprint density at radius 3 is 2.93 bits per heavy atom. The van der Waals surface area contributed by atoms with E-state index in [4.69, 9.17) is 4.74 Å². The fraction of sp³-hybridized carbons (Fsp3) is 0.538. The van der Waals surface area contributed by atoms with Gasteiger partial charge in [0, 0.05) is 0 Å². The molecule has 2 atom stereocenters. The Morgan fingerprint density at radius 2 is 1.93 bits per heavy atom. The number of fused-ring (bicyclic) bond motifs is 2. The summed E-state index contributed by atoms with van der Waals surface area (Å²) in [4.78, 5) is 0. The van der Waals surface area contributed by atoms with Gasteiger partial charge in [-0.2, -0.15) is 0 Å². The Bertz CT molecular complexity index is 317. The van der Waals surface area contributed by atoms with Gasteiger partial charge in [0.1, 0.15) is 11.9 Å². The SMILES string of the molecule is c1ccc2c(c1)N[C@@H]1CCCCC[C@@H]1O2. The van der Waals surface area contributed by atoms with Gasteiger partial charge in [-0.15, -0.1) is 0 Å². The van der Waals surface area contributed by atoms with Crippen molar-refractivity contribution in [2.75, 3.05) is 5.32 Å². The first-order valence-electron chi connectivity index (χ1n) is 5.96. The number of hydrogen-bond acceptors (Lipinski definition) is 2. The molecule has 1 aromatic rings. The molecule has 1 aliphatic carbocycles. The van der Waals surface area contributed by atoms with E-state index in [2.05, 4.69) is 23.5 Å². The third-order valence-corrected chi connectivity index (χ3v) is 3.46. The van der Waals surface area contributed by atoms with Gasteiger partial charge in [-0.3, -0.25) is 0 Å². The molecule has 0 bridgehead atoms. The van der Waals surface area contributed by atoms with Crippen LogP contribution in [0.15, 0.2) is 24.3 Å². The monoisotopic (exact) mass is 203 g/mol. The summed E-state index contributed by atoms with van der Waals surface area (Å²) in [6.07, 6.45) is 6.84. The van der Waals surface area contributed by atoms with E-state index in [1.54, 1.807) is 0 Å². The second-order valence-electron chi connectivity index (χ2n) is 4.54. The van der Waals surface area contributed by atoms with Crippen LogP contribution >= 0.6 is 0 Å². The Hall–Kier alpha value is -1.18. The van der Waals surface area contributed by atoms with E-state index in [1.165, 1.54) is 37.8 Å². The predicted molar refractivity (Wildman–Crippen MR) is 61.4 cm³/mol. The Labute approximate surface area is 90.6 Å². The van der Waals surface area contributed by atoms with Crippen LogP contribution in [0.4, 0.5) is 5.69 Å². The molecule has 1 aliphatic heterocycles. The smallest absolute Gasteiger partial charge is 0.142 e.